The number of amides is 1. The first-order valence-corrected chi connectivity index (χ1v) is 6.37. The smallest absolute Gasteiger partial charge is 0.251 e. The summed E-state index contributed by atoms with van der Waals surface area (Å²) in [6.07, 6.45) is 0. The summed E-state index contributed by atoms with van der Waals surface area (Å²) < 4.78 is 0. The van der Waals surface area contributed by atoms with Gasteiger partial charge in [-0.1, -0.05) is 48.5 Å². The molecule has 1 atom stereocenters. The monoisotopic (exact) mass is 268 g/mol. The second-order valence-electron chi connectivity index (χ2n) is 4.36. The first kappa shape index (κ1) is 14.0. The molecule has 4 heteroatoms. The summed E-state index contributed by atoms with van der Waals surface area (Å²) in [4.78, 5) is 24.3. The van der Waals surface area contributed by atoms with Gasteiger partial charge in [-0.25, -0.2) is 0 Å². The van der Waals surface area contributed by atoms with Crippen LogP contribution < -0.4 is 11.1 Å². The Hall–Kier alpha value is -2.46. The number of Topliss-reactive ketones (excluding diaryl/α,β-unsaturated/α-hetero) is 1. The van der Waals surface area contributed by atoms with E-state index in [9.17, 15) is 9.59 Å². The van der Waals surface area contributed by atoms with E-state index >= 15 is 0 Å². The first-order chi connectivity index (χ1) is 9.72. The van der Waals surface area contributed by atoms with Crippen LogP contribution in [0.5, 0.6) is 0 Å². The molecule has 1 amide bonds. The van der Waals surface area contributed by atoms with Crippen molar-refractivity contribution in [2.75, 3.05) is 6.54 Å². The van der Waals surface area contributed by atoms with Crippen molar-refractivity contribution in [1.82, 2.24) is 5.32 Å². The Labute approximate surface area is 117 Å². The third-order valence-corrected chi connectivity index (χ3v) is 2.95. The summed E-state index contributed by atoms with van der Waals surface area (Å²) in [5.41, 5.74) is 6.65. The van der Waals surface area contributed by atoms with Crippen LogP contribution in [0.15, 0.2) is 60.7 Å². The third-order valence-electron chi connectivity index (χ3n) is 2.95. The molecule has 0 aliphatic heterocycles. The molecule has 0 heterocycles. The summed E-state index contributed by atoms with van der Waals surface area (Å²) in [6.45, 7) is 0.0618. The lowest BCUT2D eigenvalue weighted by Gasteiger charge is -2.15. The van der Waals surface area contributed by atoms with Crippen molar-refractivity contribution in [3.63, 3.8) is 0 Å². The van der Waals surface area contributed by atoms with E-state index in [1.807, 2.05) is 12.1 Å². The zero-order valence-electron chi connectivity index (χ0n) is 11.0. The van der Waals surface area contributed by atoms with Gasteiger partial charge in [-0.15, -0.1) is 0 Å². The summed E-state index contributed by atoms with van der Waals surface area (Å²) >= 11 is 0. The van der Waals surface area contributed by atoms with Crippen LogP contribution in [0.25, 0.3) is 0 Å². The van der Waals surface area contributed by atoms with Gasteiger partial charge in [0.1, 0.15) is 6.04 Å². The maximum Gasteiger partial charge on any atom is 0.251 e. The van der Waals surface area contributed by atoms with Gasteiger partial charge in [0.05, 0.1) is 0 Å². The van der Waals surface area contributed by atoms with Crippen LogP contribution in [0.2, 0.25) is 0 Å². The van der Waals surface area contributed by atoms with Crippen LogP contribution in [-0.4, -0.2) is 24.3 Å². The minimum Gasteiger partial charge on any atom is -0.341 e. The molecule has 0 bridgehead atoms. The number of benzene rings is 2. The van der Waals surface area contributed by atoms with Crippen LogP contribution in [-0.2, 0) is 0 Å². The van der Waals surface area contributed by atoms with Gasteiger partial charge >= 0.3 is 0 Å². The molecule has 0 spiro atoms. The normalized spacial score (nSPS) is 11.7. The lowest BCUT2D eigenvalue weighted by atomic mass is 10.0. The number of carbonyl (C=O) groups is 2. The highest BCUT2D eigenvalue weighted by Gasteiger charge is 2.20. The quantitative estimate of drug-likeness (QED) is 0.809. The molecule has 0 radical (unpaired) electrons. The minimum atomic E-state index is -0.717. The van der Waals surface area contributed by atoms with Crippen LogP contribution in [0, 0.1) is 0 Å². The molecule has 3 N–H and O–H groups in total. The van der Waals surface area contributed by atoms with Crippen LogP contribution in [0.3, 0.4) is 0 Å². The zero-order valence-corrected chi connectivity index (χ0v) is 11.0. The Morgan fingerprint density at radius 1 is 0.900 bits per heavy atom. The van der Waals surface area contributed by atoms with E-state index < -0.39 is 6.04 Å². The van der Waals surface area contributed by atoms with Crippen molar-refractivity contribution >= 4 is 11.7 Å². The number of hydrogen-bond donors (Lipinski definition) is 2. The second kappa shape index (κ2) is 6.63. The number of ketones is 1. The van der Waals surface area contributed by atoms with Crippen LogP contribution in [0.4, 0.5) is 0 Å². The molecule has 0 aliphatic rings. The van der Waals surface area contributed by atoms with Gasteiger partial charge in [-0.2, -0.15) is 0 Å². The van der Waals surface area contributed by atoms with Crippen molar-refractivity contribution in [2.45, 2.75) is 6.04 Å². The maximum atomic E-state index is 12.2. The Bertz CT molecular complexity index is 582. The molecular weight excluding hydrogens is 252 g/mol. The van der Waals surface area contributed by atoms with E-state index in [0.29, 0.717) is 11.1 Å². The van der Waals surface area contributed by atoms with E-state index in [1.54, 1.807) is 48.5 Å². The van der Waals surface area contributed by atoms with Crippen molar-refractivity contribution in [3.05, 3.63) is 71.8 Å². The molecule has 102 valence electrons. The number of nitrogens with one attached hydrogen (secondary N) is 1. The number of rotatable bonds is 5. The molecule has 1 unspecified atom stereocenters. The van der Waals surface area contributed by atoms with E-state index in [2.05, 4.69) is 5.32 Å². The Kier molecular flexibility index (Phi) is 4.63. The van der Waals surface area contributed by atoms with E-state index in [4.69, 9.17) is 5.73 Å². The van der Waals surface area contributed by atoms with Crippen molar-refractivity contribution in [3.8, 4) is 0 Å². The Morgan fingerprint density at radius 3 is 1.90 bits per heavy atom. The SMILES string of the molecule is NCC(NC(=O)c1ccccc1)C(=O)c1ccccc1. The molecule has 2 aromatic carbocycles. The van der Waals surface area contributed by atoms with Gasteiger partial charge in [0.25, 0.3) is 5.91 Å². The summed E-state index contributed by atoms with van der Waals surface area (Å²) in [5.74, 6) is -0.484. The van der Waals surface area contributed by atoms with Gasteiger partial charge in [0, 0.05) is 17.7 Å². The molecule has 0 aromatic heterocycles. The van der Waals surface area contributed by atoms with E-state index in [1.165, 1.54) is 0 Å². The number of hydrogen-bond acceptors (Lipinski definition) is 3. The van der Waals surface area contributed by atoms with Crippen molar-refractivity contribution in [1.29, 1.82) is 0 Å². The highest BCUT2D eigenvalue weighted by atomic mass is 16.2. The minimum absolute atomic E-state index is 0.0618. The molecule has 0 fully saturated rings. The molecule has 0 saturated carbocycles. The van der Waals surface area contributed by atoms with Gasteiger partial charge in [-0.3, -0.25) is 9.59 Å². The molecule has 2 aromatic rings. The fourth-order valence-corrected chi connectivity index (χ4v) is 1.87. The molecule has 0 saturated heterocycles. The third kappa shape index (κ3) is 3.30. The van der Waals surface area contributed by atoms with Gasteiger partial charge in [-0.05, 0) is 12.1 Å². The predicted octanol–water partition coefficient (Wildman–Crippen LogP) is 1.63. The van der Waals surface area contributed by atoms with Gasteiger partial charge in [0.15, 0.2) is 5.78 Å². The second-order valence-corrected chi connectivity index (χ2v) is 4.36. The standard InChI is InChI=1S/C16H16N2O2/c17-11-14(15(19)12-7-3-1-4-8-12)18-16(20)13-9-5-2-6-10-13/h1-10,14H,11,17H2,(H,18,20). The molecule has 2 rings (SSSR count). The van der Waals surface area contributed by atoms with Crippen LogP contribution >= 0.6 is 0 Å². The average molecular weight is 268 g/mol. The molecular formula is C16H16N2O2. The predicted molar refractivity (Wildman–Crippen MR) is 77.5 cm³/mol. The van der Waals surface area contributed by atoms with E-state index in [-0.39, 0.29) is 18.2 Å². The fourth-order valence-electron chi connectivity index (χ4n) is 1.87. The highest BCUT2D eigenvalue weighted by molar-refractivity contribution is 6.04. The molecule has 20 heavy (non-hydrogen) atoms. The topological polar surface area (TPSA) is 72.2 Å². The Morgan fingerprint density at radius 2 is 1.40 bits per heavy atom. The summed E-state index contributed by atoms with van der Waals surface area (Å²) in [7, 11) is 0. The first-order valence-electron chi connectivity index (χ1n) is 6.37. The zero-order chi connectivity index (χ0) is 14.4. The largest absolute Gasteiger partial charge is 0.341 e. The van der Waals surface area contributed by atoms with Gasteiger partial charge in [0.2, 0.25) is 0 Å². The Balaban J connectivity index is 2.10. The maximum absolute atomic E-state index is 12.2. The van der Waals surface area contributed by atoms with Crippen molar-refractivity contribution in [2.24, 2.45) is 5.73 Å². The fraction of sp³-hybridized carbons (Fsp3) is 0.125. The van der Waals surface area contributed by atoms with Gasteiger partial charge < -0.3 is 11.1 Å². The van der Waals surface area contributed by atoms with Crippen LogP contribution in [0.1, 0.15) is 20.7 Å². The molecule has 4 nitrogen and oxygen atoms in total. The average Bonchev–Trinajstić information content (AvgIpc) is 2.53. The molecule has 0 aliphatic carbocycles. The lowest BCUT2D eigenvalue weighted by Crippen LogP contribution is -2.45. The van der Waals surface area contributed by atoms with E-state index in [0.717, 1.165) is 0 Å². The lowest BCUT2D eigenvalue weighted by molar-refractivity contribution is 0.0861. The number of carbonyl (C=O) groups excluding carboxylic acids is 2. The highest BCUT2D eigenvalue weighted by Crippen LogP contribution is 2.05. The van der Waals surface area contributed by atoms with Crippen molar-refractivity contribution < 1.29 is 9.59 Å². The summed E-state index contributed by atoms with van der Waals surface area (Å²) in [5, 5.41) is 2.67. The summed E-state index contributed by atoms with van der Waals surface area (Å²) in [6, 6.07) is 16.8. The number of nitrogens with two attached hydrogens (primary N) is 1.